The maximum absolute atomic E-state index is 12.0. The number of amides is 2. The molecule has 3 rings (SSSR count). The lowest BCUT2D eigenvalue weighted by Crippen LogP contribution is -2.40. The van der Waals surface area contributed by atoms with Gasteiger partial charge in [0, 0.05) is 23.6 Å². The number of halogens is 1. The van der Waals surface area contributed by atoms with Crippen molar-refractivity contribution in [1.29, 1.82) is 0 Å². The molecule has 23 heavy (non-hydrogen) atoms. The van der Waals surface area contributed by atoms with Crippen LogP contribution in [0.4, 0.5) is 4.79 Å². The van der Waals surface area contributed by atoms with Crippen molar-refractivity contribution in [2.75, 3.05) is 6.54 Å². The maximum Gasteiger partial charge on any atom is 0.315 e. The second-order valence-electron chi connectivity index (χ2n) is 5.67. The van der Waals surface area contributed by atoms with Gasteiger partial charge in [0.1, 0.15) is 5.76 Å². The third kappa shape index (κ3) is 3.86. The second-order valence-corrected chi connectivity index (χ2v) is 6.10. The van der Waals surface area contributed by atoms with Crippen LogP contribution in [0.15, 0.2) is 41.0 Å². The zero-order chi connectivity index (χ0) is 16.2. The molecule has 0 spiro atoms. The quantitative estimate of drug-likeness (QED) is 0.802. The van der Waals surface area contributed by atoms with E-state index in [0.717, 1.165) is 30.6 Å². The molecule has 2 amide bonds. The van der Waals surface area contributed by atoms with Crippen LogP contribution < -0.4 is 10.6 Å². The summed E-state index contributed by atoms with van der Waals surface area (Å²) >= 11 is 5.82. The number of hydrogen-bond donors (Lipinski definition) is 3. The van der Waals surface area contributed by atoms with Crippen molar-refractivity contribution in [2.45, 2.75) is 31.4 Å². The van der Waals surface area contributed by atoms with Gasteiger partial charge in [-0.3, -0.25) is 0 Å². The molecule has 6 heteroatoms. The Morgan fingerprint density at radius 3 is 2.91 bits per heavy atom. The topological polar surface area (TPSA) is 74.5 Å². The third-order valence-electron chi connectivity index (χ3n) is 4.07. The molecule has 0 aliphatic heterocycles. The van der Waals surface area contributed by atoms with Crippen molar-refractivity contribution >= 4 is 17.6 Å². The molecule has 2 atom stereocenters. The van der Waals surface area contributed by atoms with Crippen molar-refractivity contribution in [3.8, 4) is 0 Å². The van der Waals surface area contributed by atoms with Gasteiger partial charge in [-0.1, -0.05) is 23.7 Å². The predicted molar refractivity (Wildman–Crippen MR) is 87.3 cm³/mol. The summed E-state index contributed by atoms with van der Waals surface area (Å²) in [6.07, 6.45) is 3.68. The van der Waals surface area contributed by atoms with Crippen LogP contribution in [0.25, 0.3) is 0 Å². The molecule has 1 aliphatic carbocycles. The van der Waals surface area contributed by atoms with Gasteiger partial charge in [-0.15, -0.1) is 0 Å². The van der Waals surface area contributed by atoms with E-state index in [1.165, 1.54) is 0 Å². The highest BCUT2D eigenvalue weighted by Gasteiger charge is 2.24. The highest BCUT2D eigenvalue weighted by molar-refractivity contribution is 6.30. The summed E-state index contributed by atoms with van der Waals surface area (Å²) in [7, 11) is 0. The van der Waals surface area contributed by atoms with Gasteiger partial charge in [0.2, 0.25) is 0 Å². The number of nitrogens with one attached hydrogen (secondary N) is 2. The van der Waals surface area contributed by atoms with E-state index in [-0.39, 0.29) is 18.6 Å². The zero-order valence-electron chi connectivity index (χ0n) is 12.6. The second kappa shape index (κ2) is 7.06. The van der Waals surface area contributed by atoms with Crippen molar-refractivity contribution in [2.24, 2.45) is 0 Å². The number of carbonyl (C=O) groups excluding carboxylic acids is 1. The van der Waals surface area contributed by atoms with E-state index in [1.54, 1.807) is 30.5 Å². The molecule has 0 bridgehead atoms. The van der Waals surface area contributed by atoms with Crippen LogP contribution >= 0.6 is 11.6 Å². The molecular formula is C17H19ClN2O3. The average molecular weight is 335 g/mol. The summed E-state index contributed by atoms with van der Waals surface area (Å²) in [5.74, 6) is 0.947. The van der Waals surface area contributed by atoms with Crippen LogP contribution in [0.5, 0.6) is 0 Å². The maximum atomic E-state index is 12.0. The number of rotatable bonds is 4. The van der Waals surface area contributed by atoms with Gasteiger partial charge < -0.3 is 20.2 Å². The monoisotopic (exact) mass is 334 g/mol. The minimum atomic E-state index is -0.770. The third-order valence-corrected chi connectivity index (χ3v) is 4.32. The Hall–Kier alpha value is -1.98. The highest BCUT2D eigenvalue weighted by Crippen LogP contribution is 2.30. The number of fused-ring (bicyclic) bond motifs is 1. The molecule has 1 aliphatic rings. The fourth-order valence-corrected chi connectivity index (χ4v) is 2.96. The van der Waals surface area contributed by atoms with Crippen LogP contribution in [0.2, 0.25) is 5.02 Å². The normalized spacial score (nSPS) is 18.1. The molecule has 2 unspecified atom stereocenters. The lowest BCUT2D eigenvalue weighted by Gasteiger charge is -2.23. The summed E-state index contributed by atoms with van der Waals surface area (Å²) in [4.78, 5) is 12.0. The molecule has 2 aromatic rings. The number of aliphatic hydroxyl groups excluding tert-OH is 1. The number of benzene rings is 1. The molecular weight excluding hydrogens is 316 g/mol. The van der Waals surface area contributed by atoms with E-state index in [2.05, 4.69) is 10.6 Å². The molecule has 0 saturated carbocycles. The van der Waals surface area contributed by atoms with Gasteiger partial charge in [-0.25, -0.2) is 4.79 Å². The zero-order valence-corrected chi connectivity index (χ0v) is 13.3. The Bertz CT molecular complexity index is 669. The molecule has 122 valence electrons. The number of aryl methyl sites for hydroxylation is 1. The lowest BCUT2D eigenvalue weighted by molar-refractivity contribution is 0.172. The van der Waals surface area contributed by atoms with E-state index >= 15 is 0 Å². The van der Waals surface area contributed by atoms with Crippen LogP contribution in [-0.2, 0) is 6.42 Å². The summed E-state index contributed by atoms with van der Waals surface area (Å²) in [6, 6.07) is 8.48. The van der Waals surface area contributed by atoms with E-state index in [0.29, 0.717) is 10.6 Å². The lowest BCUT2D eigenvalue weighted by atomic mass is 9.93. The first-order valence-corrected chi connectivity index (χ1v) is 8.05. The summed E-state index contributed by atoms with van der Waals surface area (Å²) in [5.41, 5.74) is 1.76. The molecule has 5 nitrogen and oxygen atoms in total. The average Bonchev–Trinajstić information content (AvgIpc) is 3.03. The van der Waals surface area contributed by atoms with Crippen LogP contribution in [0.3, 0.4) is 0 Å². The first-order chi connectivity index (χ1) is 11.1. The molecule has 1 aromatic carbocycles. The van der Waals surface area contributed by atoms with E-state index in [4.69, 9.17) is 16.0 Å². The Morgan fingerprint density at radius 1 is 1.35 bits per heavy atom. The molecule has 1 aromatic heterocycles. The number of hydrogen-bond acceptors (Lipinski definition) is 3. The van der Waals surface area contributed by atoms with Crippen molar-refractivity contribution < 1.29 is 14.3 Å². The Balaban J connectivity index is 1.51. The van der Waals surface area contributed by atoms with Crippen molar-refractivity contribution in [1.82, 2.24) is 10.6 Å². The molecule has 0 fully saturated rings. The predicted octanol–water partition coefficient (Wildman–Crippen LogP) is 3.34. The minimum absolute atomic E-state index is 0.0369. The van der Waals surface area contributed by atoms with Gasteiger partial charge in [-0.05, 0) is 36.6 Å². The summed E-state index contributed by atoms with van der Waals surface area (Å²) < 4.78 is 5.41. The standard InChI is InChI=1S/C17H19ClN2O3/c18-12-6-4-11(5-7-12)15(21)10-19-17(22)20-14-2-1-3-16-13(14)8-9-23-16/h4-9,14-15,21H,1-3,10H2,(H2,19,20,22). The fourth-order valence-electron chi connectivity index (χ4n) is 2.84. The smallest absolute Gasteiger partial charge is 0.315 e. The number of carbonyl (C=O) groups is 1. The van der Waals surface area contributed by atoms with Crippen molar-refractivity contribution in [3.05, 3.63) is 58.5 Å². The van der Waals surface area contributed by atoms with Crippen molar-refractivity contribution in [3.63, 3.8) is 0 Å². The van der Waals surface area contributed by atoms with Gasteiger partial charge in [0.05, 0.1) is 18.4 Å². The summed E-state index contributed by atoms with van der Waals surface area (Å²) in [5, 5.41) is 16.3. The van der Waals surface area contributed by atoms with Crippen LogP contribution in [0, 0.1) is 0 Å². The molecule has 0 radical (unpaired) electrons. The van der Waals surface area contributed by atoms with E-state index in [1.807, 2.05) is 6.07 Å². The first kappa shape index (κ1) is 15.9. The van der Waals surface area contributed by atoms with Gasteiger partial charge >= 0.3 is 6.03 Å². The van der Waals surface area contributed by atoms with E-state index in [9.17, 15) is 9.90 Å². The van der Waals surface area contributed by atoms with Gasteiger partial charge in [0.25, 0.3) is 0 Å². The van der Waals surface area contributed by atoms with Crippen LogP contribution in [-0.4, -0.2) is 17.7 Å². The van der Waals surface area contributed by atoms with Gasteiger partial charge in [-0.2, -0.15) is 0 Å². The first-order valence-electron chi connectivity index (χ1n) is 7.67. The Kier molecular flexibility index (Phi) is 4.88. The Labute approximate surface area is 139 Å². The SMILES string of the molecule is O=C(NCC(O)c1ccc(Cl)cc1)NC1CCCc2occc21. The molecule has 0 saturated heterocycles. The minimum Gasteiger partial charge on any atom is -0.469 e. The number of furan rings is 1. The van der Waals surface area contributed by atoms with E-state index < -0.39 is 6.10 Å². The number of aliphatic hydroxyl groups is 1. The largest absolute Gasteiger partial charge is 0.469 e. The Morgan fingerprint density at radius 2 is 2.13 bits per heavy atom. The summed E-state index contributed by atoms with van der Waals surface area (Å²) in [6.45, 7) is 0.137. The highest BCUT2D eigenvalue weighted by atomic mass is 35.5. The molecule has 1 heterocycles. The number of urea groups is 1. The van der Waals surface area contributed by atoms with Gasteiger partial charge in [0.15, 0.2) is 0 Å². The van der Waals surface area contributed by atoms with Crippen LogP contribution in [0.1, 0.15) is 41.9 Å². The molecule has 3 N–H and O–H groups in total. The fraction of sp³-hybridized carbons (Fsp3) is 0.353.